The van der Waals surface area contributed by atoms with Crippen LogP contribution in [0, 0.1) is 29.6 Å². The molecule has 0 spiro atoms. The lowest BCUT2D eigenvalue weighted by atomic mass is 9.83. The fraction of sp³-hybridized carbons (Fsp3) is 0.660. The molecule has 12 nitrogen and oxygen atoms in total. The maximum Gasteiger partial charge on any atom is 0.254 e. The second-order valence-corrected chi connectivity index (χ2v) is 18.6. The summed E-state index contributed by atoms with van der Waals surface area (Å²) in [5, 5.41) is 13.8. The third-order valence-electron chi connectivity index (χ3n) is 13.3. The number of methoxy groups -OCH3 is 2. The Hall–Kier alpha value is -4.13. The van der Waals surface area contributed by atoms with Crippen LogP contribution in [-0.2, 0) is 28.7 Å². The number of hydrogen-bond acceptors (Lipinski definition) is 8. The zero-order valence-corrected chi connectivity index (χ0v) is 40.1. The predicted octanol–water partition coefficient (Wildman–Crippen LogP) is 7.30. The van der Waals surface area contributed by atoms with E-state index in [0.717, 1.165) is 12.0 Å². The fourth-order valence-electron chi connectivity index (χ4n) is 9.26. The van der Waals surface area contributed by atoms with Gasteiger partial charge in [-0.15, -0.1) is 0 Å². The Morgan fingerprint density at radius 2 is 1.42 bits per heavy atom. The Balaban J connectivity index is 1.79. The van der Waals surface area contributed by atoms with Gasteiger partial charge in [0.2, 0.25) is 17.7 Å². The van der Waals surface area contributed by atoms with Crippen LogP contribution in [-0.4, -0.2) is 120 Å². The minimum Gasteiger partial charge on any atom is -0.386 e. The minimum atomic E-state index is -0.892. The second-order valence-electron chi connectivity index (χ2n) is 18.6. The molecular weight excluding hydrogens is 785 g/mol. The van der Waals surface area contributed by atoms with Crippen LogP contribution in [0.3, 0.4) is 0 Å². The topological polar surface area (TPSA) is 146 Å². The number of likely N-dealkylation sites (N-methyl/N-ethyl adjacent to an activating group) is 2. The average Bonchev–Trinajstić information content (AvgIpc) is 3.74. The van der Waals surface area contributed by atoms with Gasteiger partial charge in [0, 0.05) is 52.8 Å². The van der Waals surface area contributed by atoms with Crippen molar-refractivity contribution in [2.45, 2.75) is 150 Å². The summed E-state index contributed by atoms with van der Waals surface area (Å²) in [6.45, 7) is 20.0. The van der Waals surface area contributed by atoms with E-state index < -0.39 is 48.3 Å². The summed E-state index contributed by atoms with van der Waals surface area (Å²) in [4.78, 5) is 75.5. The number of aliphatic hydroxyl groups is 1. The van der Waals surface area contributed by atoms with Gasteiger partial charge in [0.15, 0.2) is 5.78 Å². The number of ketones is 1. The van der Waals surface area contributed by atoms with Crippen molar-refractivity contribution >= 4 is 29.4 Å². The first kappa shape index (κ1) is 52.2. The summed E-state index contributed by atoms with van der Waals surface area (Å²) < 4.78 is 12.0. The van der Waals surface area contributed by atoms with Gasteiger partial charge in [-0.3, -0.25) is 24.0 Å². The Bertz CT molecular complexity index is 1750. The van der Waals surface area contributed by atoms with E-state index in [-0.39, 0.29) is 66.0 Å². The number of nitrogens with zero attached hydrogens (tertiary/aromatic N) is 3. The number of likely N-dealkylation sites (tertiary alicyclic amines) is 1. The molecule has 1 fully saturated rings. The number of aliphatic hydroxyl groups excluding tert-OH is 1. The number of Topliss-reactive ketones (excluding diaryl/α,β-unsaturated/α-hetero) is 1. The standard InChI is InChI=1S/C50H78N4O8/c1-15-33(8)45(53(12)50(60)39(31(4)5)28-41(55)44(32(6)7)52(11)49(59)38-25-23-36(24-26-38)30(2)3)42(61-13)29-43(56)54-27-19-22-40(54)47(62-14)34(9)48(58)51-35(10)46(57)37-20-17-16-18-21-37/h16-18,20-21,23-26,30-35,39-40,42,44-47,57H,15,19,22,27-29H2,1-14H3,(H,51,58)/t33-,34+,35+,39-,40-,42+,44-,45-,46+,47+/m0/s1. The largest absolute Gasteiger partial charge is 0.386 e. The summed E-state index contributed by atoms with van der Waals surface area (Å²) in [5.41, 5.74) is 2.33. The molecular formula is C50H78N4O8. The number of benzene rings is 2. The molecule has 0 radical (unpaired) electrons. The van der Waals surface area contributed by atoms with Crippen molar-refractivity contribution < 1.29 is 38.6 Å². The van der Waals surface area contributed by atoms with E-state index >= 15 is 0 Å². The van der Waals surface area contributed by atoms with Gasteiger partial charge in [0.1, 0.15) is 0 Å². The van der Waals surface area contributed by atoms with Crippen LogP contribution >= 0.6 is 0 Å². The second kappa shape index (κ2) is 24.1. The average molecular weight is 863 g/mol. The molecule has 0 aliphatic carbocycles. The predicted molar refractivity (Wildman–Crippen MR) is 244 cm³/mol. The monoisotopic (exact) mass is 863 g/mol. The maximum absolute atomic E-state index is 14.6. The van der Waals surface area contributed by atoms with Gasteiger partial charge in [-0.05, 0) is 66.7 Å². The minimum absolute atomic E-state index is 0.00267. The van der Waals surface area contributed by atoms with Gasteiger partial charge in [0.05, 0.1) is 54.8 Å². The zero-order valence-electron chi connectivity index (χ0n) is 40.1. The van der Waals surface area contributed by atoms with E-state index in [9.17, 15) is 29.1 Å². The van der Waals surface area contributed by atoms with E-state index in [1.54, 1.807) is 64.1 Å². The fourth-order valence-corrected chi connectivity index (χ4v) is 9.26. The van der Waals surface area contributed by atoms with Gasteiger partial charge >= 0.3 is 0 Å². The summed E-state index contributed by atoms with van der Waals surface area (Å²) in [6, 6.07) is 14.5. The van der Waals surface area contributed by atoms with E-state index in [0.29, 0.717) is 36.4 Å². The molecule has 62 heavy (non-hydrogen) atoms. The molecule has 0 unspecified atom stereocenters. The molecule has 2 aromatic carbocycles. The number of rotatable bonds is 23. The molecule has 346 valence electrons. The summed E-state index contributed by atoms with van der Waals surface area (Å²) >= 11 is 0. The molecule has 1 heterocycles. The van der Waals surface area contributed by atoms with Crippen molar-refractivity contribution in [3.63, 3.8) is 0 Å². The number of carbonyl (C=O) groups is 5. The molecule has 12 heteroatoms. The summed E-state index contributed by atoms with van der Waals surface area (Å²) in [6.07, 6.45) is -0.0819. The quantitative estimate of drug-likeness (QED) is 0.119. The van der Waals surface area contributed by atoms with Crippen LogP contribution < -0.4 is 5.32 Å². The number of hydrogen-bond donors (Lipinski definition) is 2. The Labute approximate surface area is 372 Å². The van der Waals surface area contributed by atoms with E-state index in [1.807, 2.05) is 84.0 Å². The van der Waals surface area contributed by atoms with Crippen molar-refractivity contribution in [2.24, 2.45) is 29.6 Å². The Kier molecular flexibility index (Phi) is 20.3. The highest BCUT2D eigenvalue weighted by atomic mass is 16.5. The summed E-state index contributed by atoms with van der Waals surface area (Å²) in [7, 11) is 6.51. The third kappa shape index (κ3) is 13.0. The zero-order chi connectivity index (χ0) is 46.6. The molecule has 1 saturated heterocycles. The molecule has 2 N–H and O–H groups in total. The highest BCUT2D eigenvalue weighted by molar-refractivity contribution is 5.98. The first-order valence-electron chi connectivity index (χ1n) is 22.8. The molecule has 10 atom stereocenters. The molecule has 1 aliphatic heterocycles. The van der Waals surface area contributed by atoms with Gasteiger partial charge in [-0.2, -0.15) is 0 Å². The van der Waals surface area contributed by atoms with E-state index in [2.05, 4.69) is 19.2 Å². The number of ether oxygens (including phenoxy) is 2. The highest BCUT2D eigenvalue weighted by Crippen LogP contribution is 2.32. The van der Waals surface area contributed by atoms with Crippen LogP contribution in [0.5, 0.6) is 0 Å². The van der Waals surface area contributed by atoms with Gasteiger partial charge in [0.25, 0.3) is 5.91 Å². The first-order valence-corrected chi connectivity index (χ1v) is 22.8. The molecule has 0 saturated carbocycles. The van der Waals surface area contributed by atoms with E-state index in [4.69, 9.17) is 9.47 Å². The van der Waals surface area contributed by atoms with Gasteiger partial charge < -0.3 is 34.6 Å². The van der Waals surface area contributed by atoms with Crippen LogP contribution in [0.1, 0.15) is 135 Å². The Morgan fingerprint density at radius 3 is 1.94 bits per heavy atom. The first-order chi connectivity index (χ1) is 29.2. The third-order valence-corrected chi connectivity index (χ3v) is 13.3. The van der Waals surface area contributed by atoms with Crippen molar-refractivity contribution in [2.75, 3.05) is 34.9 Å². The van der Waals surface area contributed by atoms with E-state index in [1.165, 1.54) is 4.90 Å². The lowest BCUT2D eigenvalue weighted by Gasteiger charge is -2.41. The smallest absolute Gasteiger partial charge is 0.254 e. The summed E-state index contributed by atoms with van der Waals surface area (Å²) in [5.74, 6) is -2.47. The Morgan fingerprint density at radius 1 is 0.806 bits per heavy atom. The van der Waals surface area contributed by atoms with Crippen LogP contribution in [0.15, 0.2) is 54.6 Å². The van der Waals surface area contributed by atoms with Gasteiger partial charge in [-0.25, -0.2) is 0 Å². The molecule has 0 bridgehead atoms. The number of carbonyl (C=O) groups excluding carboxylic acids is 5. The maximum atomic E-state index is 14.6. The van der Waals surface area contributed by atoms with Crippen molar-refractivity contribution in [3.8, 4) is 0 Å². The van der Waals surface area contributed by atoms with Crippen LogP contribution in [0.2, 0.25) is 0 Å². The molecule has 1 aliphatic rings. The number of nitrogens with one attached hydrogen (secondary N) is 1. The lowest BCUT2D eigenvalue weighted by molar-refractivity contribution is -0.149. The van der Waals surface area contributed by atoms with Crippen molar-refractivity contribution in [1.82, 2.24) is 20.0 Å². The lowest BCUT2D eigenvalue weighted by Crippen LogP contribution is -2.55. The molecule has 2 aromatic rings. The van der Waals surface area contributed by atoms with Gasteiger partial charge in [-0.1, -0.05) is 111 Å². The van der Waals surface area contributed by atoms with Crippen molar-refractivity contribution in [3.05, 3.63) is 71.3 Å². The molecule has 0 aromatic heterocycles. The highest BCUT2D eigenvalue weighted by Gasteiger charge is 2.43. The van der Waals surface area contributed by atoms with Crippen molar-refractivity contribution in [1.29, 1.82) is 0 Å². The molecule has 4 amide bonds. The normalized spacial score (nSPS) is 18.7. The number of amides is 4. The van der Waals surface area contributed by atoms with Crippen LogP contribution in [0.4, 0.5) is 0 Å². The van der Waals surface area contributed by atoms with Crippen LogP contribution in [0.25, 0.3) is 0 Å². The molecule has 3 rings (SSSR count). The SMILES string of the molecule is CC[C@H](C)[C@@H]([C@@H](CC(=O)N1CCC[C@H]1[C@H](OC)[C@@H](C)C(=O)N[C@H](C)[C@@H](O)c1ccccc1)OC)N(C)C(=O)[C@@H](CC(=O)[C@H](C(C)C)N(C)C(=O)c1ccc(C(C)C)cc1)C(C)C.